The summed E-state index contributed by atoms with van der Waals surface area (Å²) in [6.45, 7) is 5.45. The number of aryl methyl sites for hydroxylation is 1. The molecule has 0 radical (unpaired) electrons. The summed E-state index contributed by atoms with van der Waals surface area (Å²) in [5.74, 6) is 0. The minimum absolute atomic E-state index is 0.475. The zero-order valence-corrected chi connectivity index (χ0v) is 9.74. The van der Waals surface area contributed by atoms with Crippen molar-refractivity contribution < 1.29 is 0 Å². The third-order valence-corrected chi connectivity index (χ3v) is 2.81. The summed E-state index contributed by atoms with van der Waals surface area (Å²) in [5, 5.41) is 8.05. The molecule has 0 spiro atoms. The first-order valence-electron chi connectivity index (χ1n) is 6.03. The van der Waals surface area contributed by atoms with Crippen LogP contribution in [0.1, 0.15) is 44.8 Å². The van der Waals surface area contributed by atoms with Crippen LogP contribution in [0, 0.1) is 0 Å². The van der Waals surface area contributed by atoms with Crippen molar-refractivity contribution in [2.24, 2.45) is 0 Å². The van der Waals surface area contributed by atoms with Crippen LogP contribution in [-0.4, -0.2) is 22.4 Å². The van der Waals surface area contributed by atoms with E-state index < -0.39 is 0 Å². The fourth-order valence-electron chi connectivity index (χ4n) is 1.66. The molecular weight excluding hydrogens is 186 g/mol. The Morgan fingerprint density at radius 1 is 1.53 bits per heavy atom. The second kappa shape index (κ2) is 4.79. The van der Waals surface area contributed by atoms with Gasteiger partial charge in [-0.15, -0.1) is 0 Å². The summed E-state index contributed by atoms with van der Waals surface area (Å²) in [4.78, 5) is 0. The molecule has 15 heavy (non-hydrogen) atoms. The molecule has 0 saturated heterocycles. The first kappa shape index (κ1) is 10.7. The average Bonchev–Trinajstić information content (AvgIpc) is 2.90. The van der Waals surface area contributed by atoms with E-state index >= 15 is 0 Å². The molecule has 1 fully saturated rings. The summed E-state index contributed by atoms with van der Waals surface area (Å²) in [6, 6.07) is 3.44. The summed E-state index contributed by atoms with van der Waals surface area (Å²) < 4.78 is 2.03. The van der Waals surface area contributed by atoms with Crippen molar-refractivity contribution in [2.45, 2.75) is 51.6 Å². The van der Waals surface area contributed by atoms with Crippen LogP contribution in [0.2, 0.25) is 0 Å². The summed E-state index contributed by atoms with van der Waals surface area (Å²) in [6.07, 6.45) is 7.13. The van der Waals surface area contributed by atoms with Crippen molar-refractivity contribution in [2.75, 3.05) is 6.54 Å². The van der Waals surface area contributed by atoms with Crippen molar-refractivity contribution >= 4 is 0 Å². The van der Waals surface area contributed by atoms with Crippen molar-refractivity contribution in [1.29, 1.82) is 0 Å². The van der Waals surface area contributed by atoms with Crippen LogP contribution in [0.4, 0.5) is 0 Å². The minimum atomic E-state index is 0.475. The lowest BCUT2D eigenvalue weighted by atomic mass is 10.2. The third kappa shape index (κ3) is 3.34. The molecule has 3 nitrogen and oxygen atoms in total. The van der Waals surface area contributed by atoms with Gasteiger partial charge in [0.2, 0.25) is 0 Å². The van der Waals surface area contributed by atoms with Crippen molar-refractivity contribution in [3.63, 3.8) is 0 Å². The monoisotopic (exact) mass is 207 g/mol. The Kier molecular flexibility index (Phi) is 3.41. The summed E-state index contributed by atoms with van der Waals surface area (Å²) in [7, 11) is 0. The van der Waals surface area contributed by atoms with E-state index in [1.165, 1.54) is 25.0 Å². The molecular formula is C12H21N3. The first-order chi connectivity index (χ1) is 7.25. The lowest BCUT2D eigenvalue weighted by molar-refractivity contribution is 0.524. The van der Waals surface area contributed by atoms with Crippen LogP contribution in [-0.2, 0) is 6.42 Å². The van der Waals surface area contributed by atoms with E-state index in [4.69, 9.17) is 0 Å². The highest BCUT2D eigenvalue weighted by Gasteiger charge is 2.19. The molecule has 1 aromatic heterocycles. The summed E-state index contributed by atoms with van der Waals surface area (Å²) >= 11 is 0. The topological polar surface area (TPSA) is 29.9 Å². The molecule has 0 atom stereocenters. The molecule has 3 heteroatoms. The van der Waals surface area contributed by atoms with Crippen LogP contribution in [0.5, 0.6) is 0 Å². The van der Waals surface area contributed by atoms with Gasteiger partial charge in [0, 0.05) is 18.3 Å². The average molecular weight is 207 g/mol. The van der Waals surface area contributed by atoms with Crippen molar-refractivity contribution in [3.8, 4) is 0 Å². The normalized spacial score (nSPS) is 16.2. The first-order valence-corrected chi connectivity index (χ1v) is 6.03. The highest BCUT2D eigenvalue weighted by Crippen LogP contribution is 2.18. The number of rotatable bonds is 6. The van der Waals surface area contributed by atoms with Crippen LogP contribution in [0.25, 0.3) is 0 Å². The maximum absolute atomic E-state index is 4.53. The Morgan fingerprint density at radius 2 is 2.33 bits per heavy atom. The van der Waals surface area contributed by atoms with E-state index in [0.717, 1.165) is 19.0 Å². The number of aromatic nitrogens is 2. The van der Waals surface area contributed by atoms with E-state index in [1.54, 1.807) is 0 Å². The standard InChI is InChI=1S/C12H21N3/c1-10(2)15-9-7-12(14-15)4-3-8-13-11-5-6-11/h7,9-11,13H,3-6,8H2,1-2H3. The van der Waals surface area contributed by atoms with Gasteiger partial charge in [0.05, 0.1) is 5.69 Å². The lowest BCUT2D eigenvalue weighted by Crippen LogP contribution is -2.17. The van der Waals surface area contributed by atoms with E-state index in [9.17, 15) is 0 Å². The van der Waals surface area contributed by atoms with Crippen molar-refractivity contribution in [1.82, 2.24) is 15.1 Å². The van der Waals surface area contributed by atoms with Crippen LogP contribution in [0.3, 0.4) is 0 Å². The van der Waals surface area contributed by atoms with E-state index in [1.807, 2.05) is 4.68 Å². The number of nitrogens with zero attached hydrogens (tertiary/aromatic N) is 2. The van der Waals surface area contributed by atoms with Gasteiger partial charge in [-0.25, -0.2) is 0 Å². The molecule has 0 amide bonds. The second-order valence-electron chi connectivity index (χ2n) is 4.71. The Labute approximate surface area is 91.9 Å². The highest BCUT2D eigenvalue weighted by atomic mass is 15.3. The molecule has 1 aromatic rings. The molecule has 1 saturated carbocycles. The Balaban J connectivity index is 1.67. The molecule has 0 unspecified atom stereocenters. The third-order valence-electron chi connectivity index (χ3n) is 2.81. The van der Waals surface area contributed by atoms with Crippen molar-refractivity contribution in [3.05, 3.63) is 18.0 Å². The maximum atomic E-state index is 4.53. The minimum Gasteiger partial charge on any atom is -0.314 e. The van der Waals surface area contributed by atoms with E-state index in [0.29, 0.717) is 6.04 Å². The van der Waals surface area contributed by atoms with Gasteiger partial charge in [-0.05, 0) is 52.1 Å². The Morgan fingerprint density at radius 3 is 2.93 bits per heavy atom. The molecule has 1 aliphatic rings. The van der Waals surface area contributed by atoms with Gasteiger partial charge >= 0.3 is 0 Å². The molecule has 0 aliphatic heterocycles. The molecule has 1 N–H and O–H groups in total. The predicted octanol–water partition coefficient (Wildman–Crippen LogP) is 2.15. The van der Waals surface area contributed by atoms with Gasteiger partial charge < -0.3 is 5.32 Å². The smallest absolute Gasteiger partial charge is 0.0625 e. The van der Waals surface area contributed by atoms with Gasteiger partial charge in [0.25, 0.3) is 0 Å². The van der Waals surface area contributed by atoms with Crippen LogP contribution in [0.15, 0.2) is 12.3 Å². The van der Waals surface area contributed by atoms with Crippen LogP contribution < -0.4 is 5.32 Å². The zero-order valence-electron chi connectivity index (χ0n) is 9.74. The Bertz CT molecular complexity index is 300. The fraction of sp³-hybridized carbons (Fsp3) is 0.750. The zero-order chi connectivity index (χ0) is 10.7. The summed E-state index contributed by atoms with van der Waals surface area (Å²) in [5.41, 5.74) is 1.22. The number of hydrogen-bond acceptors (Lipinski definition) is 2. The quantitative estimate of drug-likeness (QED) is 0.724. The molecule has 84 valence electrons. The molecule has 1 heterocycles. The van der Waals surface area contributed by atoms with Gasteiger partial charge in [-0.2, -0.15) is 5.10 Å². The lowest BCUT2D eigenvalue weighted by Gasteiger charge is -2.04. The number of nitrogens with one attached hydrogen (secondary N) is 1. The largest absolute Gasteiger partial charge is 0.314 e. The molecule has 1 aliphatic carbocycles. The SMILES string of the molecule is CC(C)n1ccc(CCCNC2CC2)n1. The van der Waals surface area contributed by atoms with Gasteiger partial charge in [0.15, 0.2) is 0 Å². The fourth-order valence-corrected chi connectivity index (χ4v) is 1.66. The predicted molar refractivity (Wildman–Crippen MR) is 62.0 cm³/mol. The Hall–Kier alpha value is -0.830. The van der Waals surface area contributed by atoms with Gasteiger partial charge in [-0.3, -0.25) is 4.68 Å². The van der Waals surface area contributed by atoms with E-state index in [2.05, 4.69) is 36.5 Å². The second-order valence-corrected chi connectivity index (χ2v) is 4.71. The molecule has 2 rings (SSSR count). The molecule has 0 aromatic carbocycles. The highest BCUT2D eigenvalue weighted by molar-refractivity contribution is 4.99. The van der Waals surface area contributed by atoms with Crippen LogP contribution >= 0.6 is 0 Å². The van der Waals surface area contributed by atoms with Gasteiger partial charge in [0.1, 0.15) is 0 Å². The van der Waals surface area contributed by atoms with E-state index in [-0.39, 0.29) is 0 Å². The maximum Gasteiger partial charge on any atom is 0.0625 e. The molecule has 0 bridgehead atoms. The van der Waals surface area contributed by atoms with Gasteiger partial charge in [-0.1, -0.05) is 0 Å². The number of hydrogen-bond donors (Lipinski definition) is 1.